The molecule has 1 aliphatic rings. The van der Waals surface area contributed by atoms with Gasteiger partial charge in [0, 0.05) is 22.3 Å². The van der Waals surface area contributed by atoms with E-state index in [0.29, 0.717) is 0 Å². The van der Waals surface area contributed by atoms with E-state index < -0.39 is 5.97 Å². The lowest BCUT2D eigenvalue weighted by Gasteiger charge is -2.31. The average Bonchev–Trinajstić information content (AvgIpc) is 2.29. The highest BCUT2D eigenvalue weighted by Gasteiger charge is 2.27. The number of hydrogen-bond donors (Lipinski definition) is 2. The third-order valence-corrected chi connectivity index (χ3v) is 4.27. The maximum Gasteiger partial charge on any atom is 0.304 e. The molecule has 92 valence electrons. The van der Waals surface area contributed by atoms with E-state index in [4.69, 9.17) is 9.84 Å². The van der Waals surface area contributed by atoms with Gasteiger partial charge in [-0.05, 0) is 19.1 Å². The molecule has 17 heavy (non-hydrogen) atoms. The maximum atomic E-state index is 10.8. The zero-order valence-electron chi connectivity index (χ0n) is 9.77. The molecule has 1 aromatic rings. The van der Waals surface area contributed by atoms with Gasteiger partial charge in [0.25, 0.3) is 0 Å². The zero-order chi connectivity index (χ0) is 12.4. The summed E-state index contributed by atoms with van der Waals surface area (Å²) in [6.45, 7) is 2.00. The Morgan fingerprint density at radius 1 is 1.59 bits per heavy atom. The molecule has 2 rings (SSSR count). The Morgan fingerprint density at radius 3 is 3.00 bits per heavy atom. The van der Waals surface area contributed by atoms with Crippen LogP contribution in [0.25, 0.3) is 0 Å². The highest BCUT2D eigenvalue weighted by molar-refractivity contribution is 8.00. The summed E-state index contributed by atoms with van der Waals surface area (Å²) in [6.07, 6.45) is 0.171. The SMILES string of the molecule is COc1ccc2c(c1)NC(C)C(CC(=O)O)S2. The van der Waals surface area contributed by atoms with Crippen molar-refractivity contribution < 1.29 is 14.6 Å². The summed E-state index contributed by atoms with van der Waals surface area (Å²) in [7, 11) is 1.63. The predicted molar refractivity (Wildman–Crippen MR) is 68.0 cm³/mol. The number of methoxy groups -OCH3 is 1. The molecule has 0 saturated carbocycles. The Hall–Kier alpha value is -1.36. The lowest BCUT2D eigenvalue weighted by atomic mass is 10.1. The molecule has 1 aromatic carbocycles. The Labute approximate surface area is 104 Å². The molecule has 0 bridgehead atoms. The van der Waals surface area contributed by atoms with E-state index in [-0.39, 0.29) is 17.7 Å². The van der Waals surface area contributed by atoms with E-state index >= 15 is 0 Å². The Morgan fingerprint density at radius 2 is 2.35 bits per heavy atom. The first-order chi connectivity index (χ1) is 8.10. The summed E-state index contributed by atoms with van der Waals surface area (Å²) in [6, 6.07) is 5.93. The van der Waals surface area contributed by atoms with Gasteiger partial charge in [-0.2, -0.15) is 0 Å². The first-order valence-corrected chi connectivity index (χ1v) is 6.31. The monoisotopic (exact) mass is 253 g/mol. The lowest BCUT2D eigenvalue weighted by molar-refractivity contribution is -0.137. The molecule has 0 radical (unpaired) electrons. The molecule has 0 spiro atoms. The molecular weight excluding hydrogens is 238 g/mol. The highest BCUT2D eigenvalue weighted by atomic mass is 32.2. The second kappa shape index (κ2) is 4.87. The number of carboxylic acids is 1. The standard InChI is InChI=1S/C12H15NO3S/c1-7-11(6-12(14)15)17-10-4-3-8(16-2)5-9(10)13-7/h3-5,7,11,13H,6H2,1-2H3,(H,14,15). The maximum absolute atomic E-state index is 10.8. The molecule has 5 heteroatoms. The van der Waals surface area contributed by atoms with Crippen molar-refractivity contribution in [3.8, 4) is 5.75 Å². The van der Waals surface area contributed by atoms with Crippen LogP contribution in [0.15, 0.2) is 23.1 Å². The Kier molecular flexibility index (Phi) is 3.47. The zero-order valence-corrected chi connectivity index (χ0v) is 10.6. The van der Waals surface area contributed by atoms with Crippen molar-refractivity contribution >= 4 is 23.4 Å². The molecule has 0 fully saturated rings. The predicted octanol–water partition coefficient (Wildman–Crippen LogP) is 2.44. The first-order valence-electron chi connectivity index (χ1n) is 5.43. The van der Waals surface area contributed by atoms with Gasteiger partial charge in [-0.25, -0.2) is 0 Å². The van der Waals surface area contributed by atoms with Crippen LogP contribution in [-0.4, -0.2) is 29.5 Å². The van der Waals surface area contributed by atoms with Crippen LogP contribution in [0.5, 0.6) is 5.75 Å². The number of carbonyl (C=O) groups is 1. The molecular formula is C12H15NO3S. The molecule has 0 aromatic heterocycles. The number of carboxylic acid groups (broad SMARTS) is 1. The fraction of sp³-hybridized carbons (Fsp3) is 0.417. The van der Waals surface area contributed by atoms with Crippen LogP contribution in [0.1, 0.15) is 13.3 Å². The molecule has 0 aliphatic carbocycles. The van der Waals surface area contributed by atoms with Crippen molar-refractivity contribution in [1.82, 2.24) is 0 Å². The molecule has 1 aliphatic heterocycles. The van der Waals surface area contributed by atoms with Crippen LogP contribution in [0.4, 0.5) is 5.69 Å². The van der Waals surface area contributed by atoms with Crippen LogP contribution in [0, 0.1) is 0 Å². The van der Waals surface area contributed by atoms with Gasteiger partial charge in [-0.15, -0.1) is 11.8 Å². The number of benzene rings is 1. The van der Waals surface area contributed by atoms with E-state index in [0.717, 1.165) is 16.3 Å². The lowest BCUT2D eigenvalue weighted by Crippen LogP contribution is -2.33. The van der Waals surface area contributed by atoms with Gasteiger partial charge in [-0.1, -0.05) is 0 Å². The van der Waals surface area contributed by atoms with Crippen LogP contribution in [-0.2, 0) is 4.79 Å². The van der Waals surface area contributed by atoms with Gasteiger partial charge in [-0.3, -0.25) is 4.79 Å². The minimum absolute atomic E-state index is 0.0633. The van der Waals surface area contributed by atoms with Crippen LogP contribution < -0.4 is 10.1 Å². The largest absolute Gasteiger partial charge is 0.497 e. The quantitative estimate of drug-likeness (QED) is 0.866. The van der Waals surface area contributed by atoms with Gasteiger partial charge < -0.3 is 15.2 Å². The Bertz CT molecular complexity index is 436. The summed E-state index contributed by atoms with van der Waals surface area (Å²) in [5.74, 6) is 0.0499. The van der Waals surface area contributed by atoms with Gasteiger partial charge in [0.1, 0.15) is 5.75 Å². The smallest absolute Gasteiger partial charge is 0.304 e. The molecule has 2 unspecified atom stereocenters. The highest BCUT2D eigenvalue weighted by Crippen LogP contribution is 2.40. The molecule has 0 amide bonds. The van der Waals surface area contributed by atoms with Crippen LogP contribution >= 0.6 is 11.8 Å². The number of ether oxygens (including phenoxy) is 1. The number of rotatable bonds is 3. The average molecular weight is 253 g/mol. The van der Waals surface area contributed by atoms with E-state index in [1.165, 1.54) is 0 Å². The van der Waals surface area contributed by atoms with Crippen molar-refractivity contribution in [3.05, 3.63) is 18.2 Å². The van der Waals surface area contributed by atoms with Gasteiger partial charge in [0.15, 0.2) is 0 Å². The second-order valence-corrected chi connectivity index (χ2v) is 5.33. The van der Waals surface area contributed by atoms with E-state index in [1.54, 1.807) is 18.9 Å². The summed E-state index contributed by atoms with van der Waals surface area (Å²) < 4.78 is 5.16. The van der Waals surface area contributed by atoms with Crippen molar-refractivity contribution in [2.45, 2.75) is 29.5 Å². The molecule has 2 N–H and O–H groups in total. The number of hydrogen-bond acceptors (Lipinski definition) is 4. The molecule has 1 heterocycles. The van der Waals surface area contributed by atoms with Crippen molar-refractivity contribution in [2.24, 2.45) is 0 Å². The summed E-state index contributed by atoms with van der Waals surface area (Å²) in [5.41, 5.74) is 1.02. The van der Waals surface area contributed by atoms with Crippen molar-refractivity contribution in [1.29, 1.82) is 0 Å². The molecule has 0 saturated heterocycles. The van der Waals surface area contributed by atoms with E-state index in [9.17, 15) is 4.79 Å². The van der Waals surface area contributed by atoms with E-state index in [1.807, 2.05) is 25.1 Å². The summed E-state index contributed by atoms with van der Waals surface area (Å²) >= 11 is 1.61. The fourth-order valence-corrected chi connectivity index (χ4v) is 3.06. The minimum atomic E-state index is -0.756. The normalized spacial score (nSPS) is 22.5. The van der Waals surface area contributed by atoms with Gasteiger partial charge in [0.05, 0.1) is 19.2 Å². The molecule has 2 atom stereocenters. The summed E-state index contributed by atoms with van der Waals surface area (Å²) in [5, 5.41) is 12.2. The topological polar surface area (TPSA) is 58.6 Å². The Balaban J connectivity index is 2.20. The van der Waals surface area contributed by atoms with Crippen LogP contribution in [0.3, 0.4) is 0 Å². The minimum Gasteiger partial charge on any atom is -0.497 e. The summed E-state index contributed by atoms with van der Waals surface area (Å²) in [4.78, 5) is 11.8. The third kappa shape index (κ3) is 2.66. The third-order valence-electron chi connectivity index (χ3n) is 2.78. The van der Waals surface area contributed by atoms with Gasteiger partial charge >= 0.3 is 5.97 Å². The number of aliphatic carboxylic acids is 1. The number of anilines is 1. The first kappa shape index (κ1) is 12.1. The second-order valence-electron chi connectivity index (χ2n) is 4.05. The number of thioether (sulfide) groups is 1. The fourth-order valence-electron chi connectivity index (χ4n) is 1.85. The van der Waals surface area contributed by atoms with E-state index in [2.05, 4.69) is 5.32 Å². The number of nitrogens with one attached hydrogen (secondary N) is 1. The number of fused-ring (bicyclic) bond motifs is 1. The molecule has 4 nitrogen and oxygen atoms in total. The van der Waals surface area contributed by atoms with Gasteiger partial charge in [0.2, 0.25) is 0 Å². The van der Waals surface area contributed by atoms with Crippen molar-refractivity contribution in [3.63, 3.8) is 0 Å². The van der Waals surface area contributed by atoms with Crippen LogP contribution in [0.2, 0.25) is 0 Å². The van der Waals surface area contributed by atoms with Crippen molar-refractivity contribution in [2.75, 3.05) is 12.4 Å².